The van der Waals surface area contributed by atoms with Gasteiger partial charge in [0.25, 0.3) is 0 Å². The highest BCUT2D eigenvalue weighted by molar-refractivity contribution is 7.13. The van der Waals surface area contributed by atoms with Gasteiger partial charge in [0.05, 0.1) is 16.8 Å². The zero-order valence-corrected chi connectivity index (χ0v) is 13.5. The van der Waals surface area contributed by atoms with E-state index >= 15 is 0 Å². The van der Waals surface area contributed by atoms with Gasteiger partial charge in [-0.3, -0.25) is 10.00 Å². The lowest BCUT2D eigenvalue weighted by atomic mass is 10.0. The highest BCUT2D eigenvalue weighted by Gasteiger charge is 2.25. The third kappa shape index (κ3) is 2.35. The minimum atomic E-state index is 0.492. The Kier molecular flexibility index (Phi) is 3.41. The molecule has 1 N–H and O–H groups in total. The van der Waals surface area contributed by atoms with Gasteiger partial charge in [-0.05, 0) is 41.8 Å². The summed E-state index contributed by atoms with van der Waals surface area (Å²) < 4.78 is 0. The van der Waals surface area contributed by atoms with Crippen molar-refractivity contribution < 1.29 is 0 Å². The van der Waals surface area contributed by atoms with Crippen molar-refractivity contribution in [2.45, 2.75) is 25.9 Å². The summed E-state index contributed by atoms with van der Waals surface area (Å²) in [5.74, 6) is 0. The summed E-state index contributed by atoms with van der Waals surface area (Å²) in [6.45, 7) is 4.40. The van der Waals surface area contributed by atoms with Crippen LogP contribution in [0, 0.1) is 0 Å². The Balaban J connectivity index is 1.59. The third-order valence-corrected chi connectivity index (χ3v) is 6.15. The molecule has 5 heteroatoms. The van der Waals surface area contributed by atoms with E-state index in [4.69, 9.17) is 0 Å². The number of rotatable bonds is 3. The maximum atomic E-state index is 4.26. The average molecular weight is 315 g/mol. The minimum absolute atomic E-state index is 0.492. The molecule has 3 nitrogen and oxygen atoms in total. The summed E-state index contributed by atoms with van der Waals surface area (Å²) in [7, 11) is 0. The van der Waals surface area contributed by atoms with Crippen LogP contribution in [0.3, 0.4) is 0 Å². The second kappa shape index (κ2) is 5.40. The Morgan fingerprint density at radius 3 is 3.14 bits per heavy atom. The fraction of sp³-hybridized carbons (Fsp3) is 0.312. The van der Waals surface area contributed by atoms with Crippen molar-refractivity contribution in [2.24, 2.45) is 0 Å². The smallest absolute Gasteiger partial charge is 0.0794 e. The van der Waals surface area contributed by atoms with Crippen LogP contribution < -0.4 is 0 Å². The van der Waals surface area contributed by atoms with E-state index in [1.807, 2.05) is 17.5 Å². The summed E-state index contributed by atoms with van der Waals surface area (Å²) in [5.41, 5.74) is 3.98. The maximum absolute atomic E-state index is 4.26. The predicted octanol–water partition coefficient (Wildman–Crippen LogP) is 4.32. The monoisotopic (exact) mass is 315 g/mol. The number of hydrogen-bond acceptors (Lipinski definition) is 4. The summed E-state index contributed by atoms with van der Waals surface area (Å²) in [4.78, 5) is 5.38. The summed E-state index contributed by atoms with van der Waals surface area (Å²) in [5, 5.41) is 11.8. The van der Waals surface area contributed by atoms with Gasteiger partial charge in [-0.25, -0.2) is 0 Å². The number of aromatic nitrogens is 2. The van der Waals surface area contributed by atoms with Crippen LogP contribution in [0.5, 0.6) is 0 Å². The van der Waals surface area contributed by atoms with Crippen LogP contribution in [0.1, 0.15) is 29.0 Å². The van der Waals surface area contributed by atoms with Crippen molar-refractivity contribution in [3.05, 3.63) is 51.2 Å². The predicted molar refractivity (Wildman–Crippen MR) is 88.7 cm³/mol. The van der Waals surface area contributed by atoms with E-state index in [9.17, 15) is 0 Å². The molecule has 3 aromatic heterocycles. The van der Waals surface area contributed by atoms with Crippen LogP contribution in [0.2, 0.25) is 0 Å². The number of hydrogen-bond donors (Lipinski definition) is 1. The molecule has 1 atom stereocenters. The Bertz CT molecular complexity index is 726. The lowest BCUT2D eigenvalue weighted by Gasteiger charge is -2.33. The van der Waals surface area contributed by atoms with E-state index in [0.29, 0.717) is 6.04 Å². The van der Waals surface area contributed by atoms with Gasteiger partial charge in [0, 0.05) is 29.6 Å². The molecule has 3 aromatic rings. The first-order chi connectivity index (χ1) is 10.3. The van der Waals surface area contributed by atoms with Crippen molar-refractivity contribution in [1.82, 2.24) is 15.1 Å². The van der Waals surface area contributed by atoms with Gasteiger partial charge in [-0.15, -0.1) is 22.7 Å². The molecule has 108 valence electrons. The topological polar surface area (TPSA) is 31.9 Å². The van der Waals surface area contributed by atoms with Crippen LogP contribution in [-0.4, -0.2) is 21.6 Å². The Morgan fingerprint density at radius 1 is 1.33 bits per heavy atom. The molecule has 1 aliphatic rings. The molecule has 4 heterocycles. The third-order valence-electron chi connectivity index (χ3n) is 4.26. The van der Waals surface area contributed by atoms with E-state index in [-0.39, 0.29) is 0 Å². The van der Waals surface area contributed by atoms with E-state index < -0.39 is 0 Å². The van der Waals surface area contributed by atoms with E-state index in [1.165, 1.54) is 28.1 Å². The summed E-state index contributed by atoms with van der Waals surface area (Å²) >= 11 is 3.66. The van der Waals surface area contributed by atoms with Crippen LogP contribution in [0.15, 0.2) is 35.2 Å². The second-order valence-corrected chi connectivity index (χ2v) is 7.39. The molecule has 0 radical (unpaired) electrons. The first kappa shape index (κ1) is 13.2. The first-order valence-electron chi connectivity index (χ1n) is 7.19. The molecule has 0 aliphatic carbocycles. The fourth-order valence-electron chi connectivity index (χ4n) is 3.06. The molecule has 1 unspecified atom stereocenters. The lowest BCUT2D eigenvalue weighted by Crippen LogP contribution is -2.32. The number of nitrogens with zero attached hydrogens (tertiary/aromatic N) is 2. The molecule has 0 saturated carbocycles. The Morgan fingerprint density at radius 2 is 2.29 bits per heavy atom. The molecule has 0 fully saturated rings. The highest BCUT2D eigenvalue weighted by Crippen LogP contribution is 2.35. The van der Waals surface area contributed by atoms with Crippen LogP contribution in [-0.2, 0) is 13.0 Å². The lowest BCUT2D eigenvalue weighted by molar-refractivity contribution is 0.191. The van der Waals surface area contributed by atoms with Gasteiger partial charge < -0.3 is 0 Å². The number of H-pyrrole nitrogens is 1. The fourth-order valence-corrected chi connectivity index (χ4v) is 4.78. The summed E-state index contributed by atoms with van der Waals surface area (Å²) in [6.07, 6.45) is 3.15. The number of nitrogens with one attached hydrogen (secondary N) is 1. The van der Waals surface area contributed by atoms with Gasteiger partial charge in [0.2, 0.25) is 0 Å². The van der Waals surface area contributed by atoms with E-state index in [0.717, 1.165) is 13.1 Å². The van der Waals surface area contributed by atoms with E-state index in [1.54, 1.807) is 16.2 Å². The Labute approximate surface area is 132 Å². The zero-order valence-electron chi connectivity index (χ0n) is 11.9. The van der Waals surface area contributed by atoms with Gasteiger partial charge >= 0.3 is 0 Å². The minimum Gasteiger partial charge on any atom is -0.292 e. The number of aromatic amines is 1. The largest absolute Gasteiger partial charge is 0.292 e. The first-order valence-corrected chi connectivity index (χ1v) is 8.95. The van der Waals surface area contributed by atoms with E-state index in [2.05, 4.69) is 51.0 Å². The molecular formula is C16H17N3S2. The second-order valence-electron chi connectivity index (χ2n) is 5.44. The Hall–Kier alpha value is -1.43. The van der Waals surface area contributed by atoms with Crippen molar-refractivity contribution in [2.75, 3.05) is 6.54 Å². The van der Waals surface area contributed by atoms with Crippen LogP contribution in [0.25, 0.3) is 10.6 Å². The average Bonchev–Trinajstić information content (AvgIpc) is 3.21. The molecule has 0 spiro atoms. The standard InChI is InChI=1S/C16H17N3S2/c1-11-13-5-8-21-14(13)4-6-19(11)10-12-9-17-18-16(12)15-3-2-7-20-15/h2-3,5,7-9,11H,4,6,10H2,1H3,(H,17,18). The van der Waals surface area contributed by atoms with Crippen molar-refractivity contribution in [1.29, 1.82) is 0 Å². The molecule has 0 aromatic carbocycles. The SMILES string of the molecule is CC1c2ccsc2CCN1Cc1cn[nH]c1-c1cccs1. The number of fused-ring (bicyclic) bond motifs is 1. The van der Waals surface area contributed by atoms with Gasteiger partial charge in [0.1, 0.15) is 0 Å². The van der Waals surface area contributed by atoms with Crippen molar-refractivity contribution in [3.8, 4) is 10.6 Å². The molecule has 4 rings (SSSR count). The van der Waals surface area contributed by atoms with Crippen molar-refractivity contribution >= 4 is 22.7 Å². The molecule has 21 heavy (non-hydrogen) atoms. The molecule has 0 saturated heterocycles. The quantitative estimate of drug-likeness (QED) is 0.780. The molecule has 0 bridgehead atoms. The van der Waals surface area contributed by atoms with Crippen LogP contribution in [0.4, 0.5) is 0 Å². The maximum Gasteiger partial charge on any atom is 0.0794 e. The molecular weight excluding hydrogens is 298 g/mol. The number of thiophene rings is 2. The van der Waals surface area contributed by atoms with Gasteiger partial charge in [0.15, 0.2) is 0 Å². The molecule has 0 amide bonds. The van der Waals surface area contributed by atoms with Gasteiger partial charge in [-0.1, -0.05) is 6.07 Å². The van der Waals surface area contributed by atoms with Gasteiger partial charge in [-0.2, -0.15) is 5.10 Å². The molecule has 1 aliphatic heterocycles. The summed E-state index contributed by atoms with van der Waals surface area (Å²) in [6, 6.07) is 7.02. The van der Waals surface area contributed by atoms with Crippen molar-refractivity contribution in [3.63, 3.8) is 0 Å². The van der Waals surface area contributed by atoms with Crippen LogP contribution >= 0.6 is 22.7 Å². The normalized spacial score (nSPS) is 18.8. The zero-order chi connectivity index (χ0) is 14.2. The highest BCUT2D eigenvalue weighted by atomic mass is 32.1.